The van der Waals surface area contributed by atoms with Crippen molar-refractivity contribution in [3.8, 4) is 5.75 Å². The summed E-state index contributed by atoms with van der Waals surface area (Å²) < 4.78 is 5.97. The number of methoxy groups -OCH3 is 1. The van der Waals surface area contributed by atoms with Crippen molar-refractivity contribution in [1.29, 1.82) is 0 Å². The van der Waals surface area contributed by atoms with E-state index < -0.39 is 0 Å². The Labute approximate surface area is 103 Å². The summed E-state index contributed by atoms with van der Waals surface area (Å²) in [4.78, 5) is 0. The van der Waals surface area contributed by atoms with Crippen molar-refractivity contribution in [2.45, 2.75) is 19.3 Å². The predicted octanol–water partition coefficient (Wildman–Crippen LogP) is 3.38. The van der Waals surface area contributed by atoms with Crippen LogP contribution >= 0.6 is 27.5 Å². The maximum Gasteiger partial charge on any atom is 0.134 e. The monoisotopic (exact) mass is 292 g/mol. The van der Waals surface area contributed by atoms with Crippen LogP contribution in [0.5, 0.6) is 5.75 Å². The minimum absolute atomic E-state index is 0.0471. The lowest BCUT2D eigenvalue weighted by Gasteiger charge is -2.24. The van der Waals surface area contributed by atoms with Gasteiger partial charge >= 0.3 is 0 Å². The van der Waals surface area contributed by atoms with Crippen LogP contribution in [0.15, 0.2) is 16.6 Å². The zero-order valence-electron chi connectivity index (χ0n) is 8.97. The molecule has 0 aromatic heterocycles. The van der Waals surface area contributed by atoms with Crippen LogP contribution in [-0.2, 0) is 5.41 Å². The van der Waals surface area contributed by atoms with Crippen LogP contribution in [0.2, 0.25) is 5.02 Å². The first-order chi connectivity index (χ1) is 6.92. The van der Waals surface area contributed by atoms with E-state index in [1.165, 1.54) is 0 Å². The van der Waals surface area contributed by atoms with Crippen LogP contribution in [0.1, 0.15) is 19.4 Å². The van der Waals surface area contributed by atoms with Crippen molar-refractivity contribution in [2.75, 3.05) is 13.7 Å². The van der Waals surface area contributed by atoms with Crippen molar-refractivity contribution < 1.29 is 9.84 Å². The van der Waals surface area contributed by atoms with E-state index in [-0.39, 0.29) is 12.0 Å². The van der Waals surface area contributed by atoms with E-state index in [4.69, 9.17) is 16.3 Å². The van der Waals surface area contributed by atoms with Crippen LogP contribution in [0.4, 0.5) is 0 Å². The van der Waals surface area contributed by atoms with Gasteiger partial charge in [-0.15, -0.1) is 0 Å². The van der Waals surface area contributed by atoms with Gasteiger partial charge in [-0.05, 0) is 27.6 Å². The van der Waals surface area contributed by atoms with Crippen LogP contribution < -0.4 is 4.74 Å². The smallest absolute Gasteiger partial charge is 0.134 e. The van der Waals surface area contributed by atoms with E-state index >= 15 is 0 Å². The molecule has 1 N–H and O–H groups in total. The van der Waals surface area contributed by atoms with Crippen molar-refractivity contribution in [2.24, 2.45) is 0 Å². The van der Waals surface area contributed by atoms with Gasteiger partial charge in [0.2, 0.25) is 0 Å². The Bertz CT molecular complexity index is 364. The largest absolute Gasteiger partial charge is 0.496 e. The molecule has 1 rings (SSSR count). The van der Waals surface area contributed by atoms with Crippen molar-refractivity contribution >= 4 is 27.5 Å². The van der Waals surface area contributed by atoms with Crippen molar-refractivity contribution in [1.82, 2.24) is 0 Å². The minimum Gasteiger partial charge on any atom is -0.496 e. The fourth-order valence-electron chi connectivity index (χ4n) is 1.29. The van der Waals surface area contributed by atoms with Crippen LogP contribution in [0.3, 0.4) is 0 Å². The van der Waals surface area contributed by atoms with E-state index in [1.54, 1.807) is 13.2 Å². The van der Waals surface area contributed by atoms with Gasteiger partial charge in [0, 0.05) is 16.5 Å². The van der Waals surface area contributed by atoms with E-state index in [9.17, 15) is 5.11 Å². The fraction of sp³-hybridized carbons (Fsp3) is 0.455. The summed E-state index contributed by atoms with van der Waals surface area (Å²) in [6, 6.07) is 3.63. The molecule has 0 aliphatic rings. The van der Waals surface area contributed by atoms with Gasteiger partial charge in [0.05, 0.1) is 18.2 Å². The lowest BCUT2D eigenvalue weighted by atomic mass is 9.85. The topological polar surface area (TPSA) is 29.5 Å². The molecule has 0 heterocycles. The van der Waals surface area contributed by atoms with Gasteiger partial charge in [0.15, 0.2) is 0 Å². The summed E-state index contributed by atoms with van der Waals surface area (Å²) >= 11 is 9.53. The second-order valence-corrected chi connectivity index (χ2v) is 5.27. The third kappa shape index (κ3) is 2.65. The number of benzene rings is 1. The molecule has 1 aromatic carbocycles. The highest BCUT2D eigenvalue weighted by atomic mass is 79.9. The second kappa shape index (κ2) is 4.73. The summed E-state index contributed by atoms with van der Waals surface area (Å²) in [5.74, 6) is 0.692. The van der Waals surface area contributed by atoms with E-state index in [1.807, 2.05) is 19.9 Å². The Balaban J connectivity index is 3.28. The highest BCUT2D eigenvalue weighted by molar-refractivity contribution is 9.10. The number of aliphatic hydroxyl groups excluding tert-OH is 1. The van der Waals surface area contributed by atoms with Gasteiger partial charge in [-0.1, -0.05) is 25.4 Å². The zero-order valence-corrected chi connectivity index (χ0v) is 11.3. The molecule has 0 bridgehead atoms. The summed E-state index contributed by atoms with van der Waals surface area (Å²) in [6.45, 7) is 3.92. The SMILES string of the molecule is COc1cc(Cl)c(C(C)(C)CO)cc1Br. The number of halogens is 2. The van der Waals surface area contributed by atoms with Crippen molar-refractivity contribution in [3.05, 3.63) is 27.2 Å². The molecule has 0 saturated carbocycles. The van der Waals surface area contributed by atoms with Gasteiger partial charge in [0.1, 0.15) is 5.75 Å². The van der Waals surface area contributed by atoms with Gasteiger partial charge in [-0.2, -0.15) is 0 Å². The lowest BCUT2D eigenvalue weighted by Crippen LogP contribution is -2.22. The third-order valence-corrected chi connectivity index (χ3v) is 3.30. The van der Waals surface area contributed by atoms with E-state index in [0.717, 1.165) is 10.0 Å². The minimum atomic E-state index is -0.355. The van der Waals surface area contributed by atoms with Gasteiger partial charge < -0.3 is 9.84 Å². The molecule has 4 heteroatoms. The normalized spacial score (nSPS) is 11.6. The number of aliphatic hydroxyl groups is 1. The molecule has 84 valence electrons. The summed E-state index contributed by atoms with van der Waals surface area (Å²) in [5, 5.41) is 9.89. The quantitative estimate of drug-likeness (QED) is 0.926. The van der Waals surface area contributed by atoms with Crippen LogP contribution in [0, 0.1) is 0 Å². The summed E-state index contributed by atoms with van der Waals surface area (Å²) in [7, 11) is 1.59. The molecule has 15 heavy (non-hydrogen) atoms. The number of hydrogen-bond acceptors (Lipinski definition) is 2. The van der Waals surface area contributed by atoms with Gasteiger partial charge in [-0.3, -0.25) is 0 Å². The predicted molar refractivity (Wildman–Crippen MR) is 65.8 cm³/mol. The zero-order chi connectivity index (χ0) is 11.6. The molecule has 0 aliphatic carbocycles. The Kier molecular flexibility index (Phi) is 4.04. The average molecular weight is 294 g/mol. The van der Waals surface area contributed by atoms with Gasteiger partial charge in [0.25, 0.3) is 0 Å². The Morgan fingerprint density at radius 1 is 1.47 bits per heavy atom. The maximum absolute atomic E-state index is 9.28. The van der Waals surface area contributed by atoms with Crippen LogP contribution in [0.25, 0.3) is 0 Å². The number of hydrogen-bond donors (Lipinski definition) is 1. The lowest BCUT2D eigenvalue weighted by molar-refractivity contribution is 0.218. The third-order valence-electron chi connectivity index (χ3n) is 2.37. The highest BCUT2D eigenvalue weighted by Gasteiger charge is 2.23. The fourth-order valence-corrected chi connectivity index (χ4v) is 2.20. The summed E-state index contributed by atoms with van der Waals surface area (Å²) in [5.41, 5.74) is 0.547. The molecule has 0 amide bonds. The number of rotatable bonds is 3. The molecule has 0 radical (unpaired) electrons. The maximum atomic E-state index is 9.28. The summed E-state index contributed by atoms with van der Waals surface area (Å²) in [6.07, 6.45) is 0. The van der Waals surface area contributed by atoms with Gasteiger partial charge in [-0.25, -0.2) is 0 Å². The molecule has 0 unspecified atom stereocenters. The first-order valence-electron chi connectivity index (χ1n) is 4.56. The Hall–Kier alpha value is -0.250. The molecule has 0 aliphatic heterocycles. The second-order valence-electron chi connectivity index (χ2n) is 4.01. The molecule has 1 aromatic rings. The van der Waals surface area contributed by atoms with Crippen LogP contribution in [-0.4, -0.2) is 18.8 Å². The van der Waals surface area contributed by atoms with Crippen molar-refractivity contribution in [3.63, 3.8) is 0 Å². The molecule has 0 fully saturated rings. The molecule has 0 atom stereocenters. The Morgan fingerprint density at radius 3 is 2.53 bits per heavy atom. The average Bonchev–Trinajstić information content (AvgIpc) is 2.20. The molecular formula is C11H14BrClO2. The molecule has 0 spiro atoms. The van der Waals surface area contributed by atoms with E-state index in [2.05, 4.69) is 15.9 Å². The first kappa shape index (κ1) is 12.8. The molecule has 0 saturated heterocycles. The standard InChI is InChI=1S/C11H14BrClO2/c1-11(2,6-14)7-4-8(12)10(15-3)5-9(7)13/h4-5,14H,6H2,1-3H3. The molecular weight excluding hydrogens is 279 g/mol. The molecule has 2 nitrogen and oxygen atoms in total. The van der Waals surface area contributed by atoms with E-state index in [0.29, 0.717) is 10.8 Å². The highest BCUT2D eigenvalue weighted by Crippen LogP contribution is 2.37. The Morgan fingerprint density at radius 2 is 2.07 bits per heavy atom. The number of ether oxygens (including phenoxy) is 1. The first-order valence-corrected chi connectivity index (χ1v) is 5.74.